The lowest BCUT2D eigenvalue weighted by Gasteiger charge is -2.28. The predicted molar refractivity (Wildman–Crippen MR) is 144 cm³/mol. The molecule has 1 aromatic heterocycles. The van der Waals surface area contributed by atoms with E-state index in [1.54, 1.807) is 23.6 Å². The van der Waals surface area contributed by atoms with Crippen LogP contribution in [0.4, 0.5) is 5.95 Å². The number of anilines is 1. The minimum Gasteiger partial charge on any atom is -0.493 e. The van der Waals surface area contributed by atoms with Crippen molar-refractivity contribution in [1.82, 2.24) is 14.8 Å². The van der Waals surface area contributed by atoms with Crippen molar-refractivity contribution < 1.29 is 19.0 Å². The summed E-state index contributed by atoms with van der Waals surface area (Å²) in [5.41, 5.74) is 2.09. The van der Waals surface area contributed by atoms with Crippen molar-refractivity contribution >= 4 is 23.7 Å². The summed E-state index contributed by atoms with van der Waals surface area (Å²) in [6, 6.07) is 5.31. The monoisotopic (exact) mass is 516 g/mol. The second-order valence-corrected chi connectivity index (χ2v) is 9.95. The molecule has 3 rings (SSSR count). The van der Waals surface area contributed by atoms with E-state index >= 15 is 0 Å². The quantitative estimate of drug-likeness (QED) is 0.166. The number of rotatable bonds is 15. The van der Waals surface area contributed by atoms with Crippen molar-refractivity contribution in [3.8, 4) is 11.5 Å². The van der Waals surface area contributed by atoms with Crippen LogP contribution < -0.4 is 14.8 Å². The van der Waals surface area contributed by atoms with Crippen LogP contribution in [0.5, 0.6) is 11.5 Å². The number of aromatic nitrogens is 3. The maximum absolute atomic E-state index is 13.3. The molecule has 1 aliphatic rings. The second kappa shape index (κ2) is 14.2. The van der Waals surface area contributed by atoms with E-state index in [1.807, 2.05) is 25.1 Å². The molecule has 0 amide bonds. The number of hydrogen-bond acceptors (Lipinski definition) is 8. The van der Waals surface area contributed by atoms with E-state index in [0.717, 1.165) is 56.3 Å². The number of carbonyl (C=O) groups excluding carboxylic acids is 1. The van der Waals surface area contributed by atoms with Gasteiger partial charge in [-0.2, -0.15) is 4.98 Å². The molecule has 9 heteroatoms. The third kappa shape index (κ3) is 6.96. The Hall–Kier alpha value is -2.68. The summed E-state index contributed by atoms with van der Waals surface area (Å²) >= 11 is 1.62. The zero-order valence-corrected chi connectivity index (χ0v) is 23.1. The Morgan fingerprint density at radius 3 is 2.56 bits per heavy atom. The van der Waals surface area contributed by atoms with Crippen LogP contribution in [0.1, 0.15) is 84.2 Å². The smallest absolute Gasteiger partial charge is 0.338 e. The summed E-state index contributed by atoms with van der Waals surface area (Å²) in [4.78, 5) is 18.0. The van der Waals surface area contributed by atoms with Gasteiger partial charge in [0.15, 0.2) is 11.5 Å². The summed E-state index contributed by atoms with van der Waals surface area (Å²) in [5, 5.41) is 8.74. The highest BCUT2D eigenvalue weighted by Crippen LogP contribution is 2.40. The van der Waals surface area contributed by atoms with E-state index in [-0.39, 0.29) is 5.97 Å². The van der Waals surface area contributed by atoms with Crippen molar-refractivity contribution in [3.63, 3.8) is 0 Å². The number of nitrogens with zero attached hydrogens (tertiary/aromatic N) is 3. The first-order valence-electron chi connectivity index (χ1n) is 13.1. The van der Waals surface area contributed by atoms with E-state index in [0.29, 0.717) is 47.1 Å². The molecule has 0 saturated heterocycles. The molecule has 36 heavy (non-hydrogen) atoms. The molecule has 0 spiro atoms. The van der Waals surface area contributed by atoms with E-state index in [1.165, 1.54) is 0 Å². The van der Waals surface area contributed by atoms with E-state index in [2.05, 4.69) is 26.1 Å². The first kappa shape index (κ1) is 27.9. The lowest BCUT2D eigenvalue weighted by Crippen LogP contribution is -2.29. The molecule has 2 aromatic rings. The molecular formula is C27H40N4O4S. The highest BCUT2D eigenvalue weighted by atomic mass is 32.2. The second-order valence-electron chi connectivity index (χ2n) is 8.89. The van der Waals surface area contributed by atoms with Crippen molar-refractivity contribution in [1.29, 1.82) is 0 Å². The first-order valence-corrected chi connectivity index (χ1v) is 14.1. The lowest BCUT2D eigenvalue weighted by molar-refractivity contribution is -0.139. The number of esters is 1. The maximum atomic E-state index is 13.3. The van der Waals surface area contributed by atoms with Gasteiger partial charge in [-0.1, -0.05) is 64.3 Å². The highest BCUT2D eigenvalue weighted by molar-refractivity contribution is 7.99. The zero-order valence-electron chi connectivity index (χ0n) is 22.3. The minimum atomic E-state index is -0.494. The molecule has 8 nitrogen and oxygen atoms in total. The van der Waals surface area contributed by atoms with Gasteiger partial charge in [0, 0.05) is 11.4 Å². The third-order valence-electron chi connectivity index (χ3n) is 6.02. The average molecular weight is 517 g/mol. The van der Waals surface area contributed by atoms with Crippen molar-refractivity contribution in [2.75, 3.05) is 31.4 Å². The number of allylic oxidation sites excluding steroid dienone is 1. The topological polar surface area (TPSA) is 87.5 Å². The average Bonchev–Trinajstić information content (AvgIpc) is 3.28. The van der Waals surface area contributed by atoms with Crippen LogP contribution in [-0.4, -0.2) is 46.8 Å². The lowest BCUT2D eigenvalue weighted by atomic mass is 9.95. The fourth-order valence-electron chi connectivity index (χ4n) is 3.97. The summed E-state index contributed by atoms with van der Waals surface area (Å²) in [5.74, 6) is 2.52. The number of thioether (sulfide) groups is 1. The van der Waals surface area contributed by atoms with Crippen LogP contribution in [0.3, 0.4) is 0 Å². The number of ether oxygens (including phenoxy) is 3. The maximum Gasteiger partial charge on any atom is 0.338 e. The van der Waals surface area contributed by atoms with Gasteiger partial charge >= 0.3 is 5.97 Å². The summed E-state index contributed by atoms with van der Waals surface area (Å²) in [7, 11) is 1.63. The molecule has 0 saturated carbocycles. The first-order chi connectivity index (χ1) is 17.5. The Balaban J connectivity index is 1.97. The number of carbonyl (C=O) groups is 1. The van der Waals surface area contributed by atoms with E-state index in [4.69, 9.17) is 24.3 Å². The normalized spacial score (nSPS) is 14.9. The van der Waals surface area contributed by atoms with Gasteiger partial charge in [0.25, 0.3) is 0 Å². The standard InChI is InChI=1S/C27H40N4O4S/c1-6-9-12-16-34-21-14-13-20(18-22(21)33-5)24-23(25(32)35-15-10-7-2)19(4)28-26-29-27(30-31(24)26)36-17-11-8-3/h13-14,18,24H,6-12,15-17H2,1-5H3,(H,28,29,30). The van der Waals surface area contributed by atoms with Gasteiger partial charge in [-0.25, -0.2) is 9.48 Å². The fourth-order valence-corrected chi connectivity index (χ4v) is 4.88. The molecule has 0 fully saturated rings. The van der Waals surface area contributed by atoms with Gasteiger partial charge in [0.1, 0.15) is 6.04 Å². The minimum absolute atomic E-state index is 0.348. The molecule has 198 valence electrons. The number of nitrogens with one attached hydrogen (secondary N) is 1. The molecule has 1 atom stereocenters. The van der Waals surface area contributed by atoms with Crippen molar-refractivity contribution in [3.05, 3.63) is 35.0 Å². The third-order valence-corrected chi connectivity index (χ3v) is 6.95. The molecule has 1 unspecified atom stereocenters. The van der Waals surface area contributed by atoms with Crippen LogP contribution in [-0.2, 0) is 9.53 Å². The Bertz CT molecular complexity index is 1040. The molecule has 0 bridgehead atoms. The van der Waals surface area contributed by atoms with Gasteiger partial charge in [-0.15, -0.1) is 5.10 Å². The Kier molecular flexibility index (Phi) is 11.0. The van der Waals surface area contributed by atoms with Gasteiger partial charge in [0.2, 0.25) is 11.1 Å². The molecule has 0 radical (unpaired) electrons. The number of hydrogen-bond donors (Lipinski definition) is 1. The van der Waals surface area contributed by atoms with Crippen LogP contribution in [0.2, 0.25) is 0 Å². The molecule has 0 aliphatic carbocycles. The van der Waals surface area contributed by atoms with E-state index < -0.39 is 6.04 Å². The van der Waals surface area contributed by atoms with Crippen LogP contribution in [0.15, 0.2) is 34.6 Å². The molecule has 1 aromatic carbocycles. The van der Waals surface area contributed by atoms with Gasteiger partial charge in [-0.05, 0) is 43.9 Å². The summed E-state index contributed by atoms with van der Waals surface area (Å²) < 4.78 is 19.1. The largest absolute Gasteiger partial charge is 0.493 e. The van der Waals surface area contributed by atoms with Gasteiger partial charge < -0.3 is 19.5 Å². The summed E-state index contributed by atoms with van der Waals surface area (Å²) in [6.45, 7) is 9.30. The SMILES string of the molecule is CCCCCOc1ccc(C2C(C(=O)OCCCC)=C(C)Nc3nc(SCCCC)nn32)cc1OC. The number of methoxy groups -OCH3 is 1. The van der Waals surface area contributed by atoms with Crippen molar-refractivity contribution in [2.45, 2.75) is 83.8 Å². The number of fused-ring (bicyclic) bond motifs is 1. The molecule has 1 aliphatic heterocycles. The van der Waals surface area contributed by atoms with Crippen LogP contribution in [0.25, 0.3) is 0 Å². The van der Waals surface area contributed by atoms with Crippen LogP contribution in [0, 0.1) is 0 Å². The van der Waals surface area contributed by atoms with Gasteiger partial charge in [-0.3, -0.25) is 0 Å². The van der Waals surface area contributed by atoms with Crippen LogP contribution >= 0.6 is 11.8 Å². The Labute approximate surface area is 219 Å². The molecule has 2 heterocycles. The Morgan fingerprint density at radius 2 is 1.83 bits per heavy atom. The predicted octanol–water partition coefficient (Wildman–Crippen LogP) is 6.38. The Morgan fingerprint density at radius 1 is 1.06 bits per heavy atom. The van der Waals surface area contributed by atoms with Gasteiger partial charge in [0.05, 0.1) is 25.9 Å². The number of unbranched alkanes of at least 4 members (excludes halogenated alkanes) is 4. The molecule has 1 N–H and O–H groups in total. The highest BCUT2D eigenvalue weighted by Gasteiger charge is 2.35. The zero-order chi connectivity index (χ0) is 25.9. The molecular weight excluding hydrogens is 476 g/mol. The fraction of sp³-hybridized carbons (Fsp3) is 0.593. The number of benzene rings is 1. The van der Waals surface area contributed by atoms with E-state index in [9.17, 15) is 4.79 Å². The summed E-state index contributed by atoms with van der Waals surface area (Å²) in [6.07, 6.45) is 7.23. The van der Waals surface area contributed by atoms with Crippen molar-refractivity contribution in [2.24, 2.45) is 0 Å².